The molecule has 2 heteroatoms. The van der Waals surface area contributed by atoms with Gasteiger partial charge >= 0.3 is 0 Å². The molecule has 2 aromatic carbocycles. The van der Waals surface area contributed by atoms with Crippen LogP contribution in [0.4, 0.5) is 0 Å². The van der Waals surface area contributed by atoms with Crippen LogP contribution < -0.4 is 5.32 Å². The number of aryl methyl sites for hydroxylation is 4. The maximum atomic E-state index is 12.3. The molecular weight excluding hydrogens is 270 g/mol. The van der Waals surface area contributed by atoms with Crippen LogP contribution in [0.2, 0.25) is 0 Å². The molecule has 0 aromatic heterocycles. The Kier molecular flexibility index (Phi) is 5.02. The molecule has 22 heavy (non-hydrogen) atoms. The molecule has 0 aliphatic carbocycles. The molecule has 1 N–H and O–H groups in total. The molecule has 0 saturated carbocycles. The molecule has 0 aliphatic heterocycles. The molecule has 0 saturated heterocycles. The summed E-state index contributed by atoms with van der Waals surface area (Å²) in [7, 11) is 0. The van der Waals surface area contributed by atoms with E-state index < -0.39 is 0 Å². The van der Waals surface area contributed by atoms with Crippen molar-refractivity contribution in [3.05, 3.63) is 69.8 Å². The van der Waals surface area contributed by atoms with E-state index in [4.69, 9.17) is 0 Å². The lowest BCUT2D eigenvalue weighted by atomic mass is 9.99. The van der Waals surface area contributed by atoms with Crippen LogP contribution in [0.1, 0.15) is 46.3 Å². The van der Waals surface area contributed by atoms with Crippen molar-refractivity contribution in [3.63, 3.8) is 0 Å². The van der Waals surface area contributed by atoms with Crippen LogP contribution in [-0.2, 0) is 11.2 Å². The number of benzene rings is 2. The summed E-state index contributed by atoms with van der Waals surface area (Å²) in [6, 6.07) is 12.6. The molecule has 0 aliphatic rings. The Balaban J connectivity index is 2.06. The summed E-state index contributed by atoms with van der Waals surface area (Å²) in [5, 5.41) is 3.11. The van der Waals surface area contributed by atoms with Gasteiger partial charge in [-0.15, -0.1) is 0 Å². The van der Waals surface area contributed by atoms with Gasteiger partial charge < -0.3 is 5.32 Å². The van der Waals surface area contributed by atoms with Gasteiger partial charge in [-0.1, -0.05) is 47.5 Å². The molecule has 0 heterocycles. The summed E-state index contributed by atoms with van der Waals surface area (Å²) < 4.78 is 0. The van der Waals surface area contributed by atoms with E-state index in [2.05, 4.69) is 69.4 Å². The second kappa shape index (κ2) is 6.78. The van der Waals surface area contributed by atoms with Crippen molar-refractivity contribution >= 4 is 5.91 Å². The van der Waals surface area contributed by atoms with Crippen LogP contribution in [0, 0.1) is 27.7 Å². The first-order valence-corrected chi connectivity index (χ1v) is 7.79. The minimum atomic E-state index is 0.0261. The standard InChI is InChI=1S/C20H25NO/c1-13-7-9-19(16(4)10-13)17(5)21-20(22)12-18-11-14(2)6-8-15(18)3/h6-11,17H,12H2,1-5H3,(H,21,22)/t17-/m0/s1. The van der Waals surface area contributed by atoms with Crippen molar-refractivity contribution in [1.82, 2.24) is 5.32 Å². The first-order chi connectivity index (χ1) is 10.4. The largest absolute Gasteiger partial charge is 0.349 e. The molecule has 1 amide bonds. The van der Waals surface area contributed by atoms with E-state index in [9.17, 15) is 4.79 Å². The zero-order valence-electron chi connectivity index (χ0n) is 14.2. The van der Waals surface area contributed by atoms with Gasteiger partial charge in [0.15, 0.2) is 0 Å². The van der Waals surface area contributed by atoms with E-state index in [0.717, 1.165) is 5.56 Å². The Labute approximate surface area is 133 Å². The molecular formula is C20H25NO. The minimum absolute atomic E-state index is 0.0261. The van der Waals surface area contributed by atoms with Crippen molar-refractivity contribution in [2.45, 2.75) is 47.1 Å². The lowest BCUT2D eigenvalue weighted by Gasteiger charge is -2.17. The topological polar surface area (TPSA) is 29.1 Å². The quantitative estimate of drug-likeness (QED) is 0.893. The first-order valence-electron chi connectivity index (χ1n) is 7.79. The van der Waals surface area contributed by atoms with E-state index in [1.54, 1.807) is 0 Å². The molecule has 1 atom stereocenters. The van der Waals surface area contributed by atoms with Crippen molar-refractivity contribution in [2.75, 3.05) is 0 Å². The van der Waals surface area contributed by atoms with Crippen molar-refractivity contribution in [3.8, 4) is 0 Å². The van der Waals surface area contributed by atoms with Gasteiger partial charge in [0.05, 0.1) is 12.5 Å². The van der Waals surface area contributed by atoms with E-state index in [-0.39, 0.29) is 11.9 Å². The maximum absolute atomic E-state index is 12.3. The third kappa shape index (κ3) is 3.97. The Morgan fingerprint density at radius 3 is 2.27 bits per heavy atom. The van der Waals surface area contributed by atoms with Crippen LogP contribution >= 0.6 is 0 Å². The summed E-state index contributed by atoms with van der Waals surface area (Å²) in [6.07, 6.45) is 0.433. The van der Waals surface area contributed by atoms with Crippen LogP contribution in [0.5, 0.6) is 0 Å². The zero-order valence-corrected chi connectivity index (χ0v) is 14.2. The van der Waals surface area contributed by atoms with Gasteiger partial charge in [-0.05, 0) is 56.9 Å². The smallest absolute Gasteiger partial charge is 0.224 e. The molecule has 116 valence electrons. The van der Waals surface area contributed by atoms with E-state index in [1.807, 2.05) is 6.92 Å². The van der Waals surface area contributed by atoms with E-state index >= 15 is 0 Å². The van der Waals surface area contributed by atoms with Gasteiger partial charge in [-0.2, -0.15) is 0 Å². The van der Waals surface area contributed by atoms with Crippen LogP contribution in [-0.4, -0.2) is 5.91 Å². The van der Waals surface area contributed by atoms with Crippen molar-refractivity contribution < 1.29 is 4.79 Å². The summed E-state index contributed by atoms with van der Waals surface area (Å²) in [5.74, 6) is 0.0705. The van der Waals surface area contributed by atoms with Crippen LogP contribution in [0.15, 0.2) is 36.4 Å². The number of amides is 1. The normalized spacial score (nSPS) is 12.0. The fourth-order valence-electron chi connectivity index (χ4n) is 2.85. The Bertz CT molecular complexity index is 688. The third-order valence-electron chi connectivity index (χ3n) is 4.12. The number of hydrogen-bond donors (Lipinski definition) is 1. The summed E-state index contributed by atoms with van der Waals surface area (Å²) in [5.41, 5.74) is 7.11. The van der Waals surface area contributed by atoms with E-state index in [0.29, 0.717) is 6.42 Å². The Morgan fingerprint density at radius 2 is 1.59 bits per heavy atom. The van der Waals surface area contributed by atoms with Crippen molar-refractivity contribution in [1.29, 1.82) is 0 Å². The summed E-state index contributed by atoms with van der Waals surface area (Å²) in [6.45, 7) is 10.3. The van der Waals surface area contributed by atoms with Crippen LogP contribution in [0.3, 0.4) is 0 Å². The summed E-state index contributed by atoms with van der Waals surface area (Å²) in [4.78, 5) is 12.3. The molecule has 0 spiro atoms. The number of carbonyl (C=O) groups is 1. The highest BCUT2D eigenvalue weighted by molar-refractivity contribution is 5.79. The third-order valence-corrected chi connectivity index (χ3v) is 4.12. The average molecular weight is 295 g/mol. The molecule has 0 bridgehead atoms. The molecule has 0 fully saturated rings. The number of hydrogen-bond acceptors (Lipinski definition) is 1. The fourth-order valence-corrected chi connectivity index (χ4v) is 2.85. The monoisotopic (exact) mass is 295 g/mol. The zero-order chi connectivity index (χ0) is 16.3. The van der Waals surface area contributed by atoms with Crippen molar-refractivity contribution in [2.24, 2.45) is 0 Å². The summed E-state index contributed by atoms with van der Waals surface area (Å²) >= 11 is 0. The minimum Gasteiger partial charge on any atom is -0.349 e. The lowest BCUT2D eigenvalue weighted by Crippen LogP contribution is -2.28. The Morgan fingerprint density at radius 1 is 0.955 bits per heavy atom. The Hall–Kier alpha value is -2.09. The van der Waals surface area contributed by atoms with E-state index in [1.165, 1.54) is 27.8 Å². The van der Waals surface area contributed by atoms with Gasteiger partial charge in [0.1, 0.15) is 0 Å². The SMILES string of the molecule is Cc1ccc([C@H](C)NC(=O)Cc2cc(C)ccc2C)c(C)c1. The van der Waals surface area contributed by atoms with Gasteiger partial charge in [0.25, 0.3) is 0 Å². The molecule has 2 nitrogen and oxygen atoms in total. The molecule has 2 aromatic rings. The first kappa shape index (κ1) is 16.3. The second-order valence-electron chi connectivity index (χ2n) is 6.26. The second-order valence-corrected chi connectivity index (χ2v) is 6.26. The molecule has 0 radical (unpaired) electrons. The van der Waals surface area contributed by atoms with Crippen LogP contribution in [0.25, 0.3) is 0 Å². The van der Waals surface area contributed by atoms with Gasteiger partial charge in [0.2, 0.25) is 5.91 Å². The maximum Gasteiger partial charge on any atom is 0.224 e. The highest BCUT2D eigenvalue weighted by atomic mass is 16.1. The number of rotatable bonds is 4. The van der Waals surface area contributed by atoms with Gasteiger partial charge in [0, 0.05) is 0 Å². The number of nitrogens with one attached hydrogen (secondary N) is 1. The van der Waals surface area contributed by atoms with Gasteiger partial charge in [-0.25, -0.2) is 0 Å². The highest BCUT2D eigenvalue weighted by Crippen LogP contribution is 2.19. The van der Waals surface area contributed by atoms with Gasteiger partial charge in [-0.3, -0.25) is 4.79 Å². The molecule has 0 unspecified atom stereocenters. The predicted molar refractivity (Wildman–Crippen MR) is 92.1 cm³/mol. The highest BCUT2D eigenvalue weighted by Gasteiger charge is 2.13. The number of carbonyl (C=O) groups excluding carboxylic acids is 1. The average Bonchev–Trinajstić information content (AvgIpc) is 2.42. The lowest BCUT2D eigenvalue weighted by molar-refractivity contribution is -0.121. The molecule has 2 rings (SSSR count). The predicted octanol–water partition coefficient (Wildman–Crippen LogP) is 4.34. The fraction of sp³-hybridized carbons (Fsp3) is 0.350.